The standard InChI is InChI=1S/C22H33N3O2/c1-22(2,3)21(27)25-13-9-18(10-14-25)20(26)23-19-8-6-7-17(15-19)16-24-11-4-5-12-24/h6-8,15,18H,4-5,9-14,16H2,1-3H3,(H,23,26). The van der Waals surface area contributed by atoms with Gasteiger partial charge in [-0.25, -0.2) is 0 Å². The molecule has 2 saturated heterocycles. The molecule has 2 heterocycles. The molecule has 0 bridgehead atoms. The Balaban J connectivity index is 1.51. The zero-order valence-electron chi connectivity index (χ0n) is 17.0. The maximum Gasteiger partial charge on any atom is 0.227 e. The largest absolute Gasteiger partial charge is 0.342 e. The van der Waals surface area contributed by atoms with E-state index in [1.54, 1.807) is 0 Å². The number of amides is 2. The van der Waals surface area contributed by atoms with Gasteiger partial charge in [-0.2, -0.15) is 0 Å². The minimum Gasteiger partial charge on any atom is -0.342 e. The molecule has 1 aromatic rings. The third-order valence-electron chi connectivity index (χ3n) is 5.59. The highest BCUT2D eigenvalue weighted by Gasteiger charge is 2.32. The van der Waals surface area contributed by atoms with Crippen molar-refractivity contribution >= 4 is 17.5 Å². The van der Waals surface area contributed by atoms with E-state index in [2.05, 4.69) is 22.3 Å². The molecule has 2 aliphatic heterocycles. The third kappa shape index (κ3) is 5.32. The molecule has 27 heavy (non-hydrogen) atoms. The molecule has 5 heteroatoms. The van der Waals surface area contributed by atoms with Gasteiger partial charge in [0.2, 0.25) is 11.8 Å². The summed E-state index contributed by atoms with van der Waals surface area (Å²) < 4.78 is 0. The zero-order chi connectivity index (χ0) is 19.4. The van der Waals surface area contributed by atoms with Crippen molar-refractivity contribution in [2.24, 2.45) is 11.3 Å². The first-order chi connectivity index (χ1) is 12.8. The van der Waals surface area contributed by atoms with Crippen LogP contribution in [0.2, 0.25) is 0 Å². The highest BCUT2D eigenvalue weighted by atomic mass is 16.2. The number of carbonyl (C=O) groups excluding carboxylic acids is 2. The summed E-state index contributed by atoms with van der Waals surface area (Å²) in [6.45, 7) is 10.5. The molecule has 0 aliphatic carbocycles. The highest BCUT2D eigenvalue weighted by Crippen LogP contribution is 2.25. The van der Waals surface area contributed by atoms with Crippen LogP contribution in [0.5, 0.6) is 0 Å². The van der Waals surface area contributed by atoms with Crippen LogP contribution in [0.3, 0.4) is 0 Å². The Labute approximate surface area is 163 Å². The van der Waals surface area contributed by atoms with Gasteiger partial charge in [0.05, 0.1) is 0 Å². The molecule has 3 rings (SSSR count). The van der Waals surface area contributed by atoms with Gasteiger partial charge < -0.3 is 10.2 Å². The van der Waals surface area contributed by atoms with E-state index in [4.69, 9.17) is 0 Å². The molecular weight excluding hydrogens is 338 g/mol. The van der Waals surface area contributed by atoms with Crippen molar-refractivity contribution in [3.63, 3.8) is 0 Å². The SMILES string of the molecule is CC(C)(C)C(=O)N1CCC(C(=O)Nc2cccc(CN3CCCC3)c2)CC1. The second kappa shape index (κ2) is 8.42. The average molecular weight is 372 g/mol. The highest BCUT2D eigenvalue weighted by molar-refractivity contribution is 5.93. The van der Waals surface area contributed by atoms with Crippen LogP contribution in [-0.4, -0.2) is 47.8 Å². The first kappa shape index (κ1) is 19.9. The Bertz CT molecular complexity index is 666. The Morgan fingerprint density at radius 2 is 1.74 bits per heavy atom. The van der Waals surface area contributed by atoms with Crippen LogP contribution < -0.4 is 5.32 Å². The quantitative estimate of drug-likeness (QED) is 0.881. The van der Waals surface area contributed by atoms with Crippen molar-refractivity contribution in [2.45, 2.75) is 53.0 Å². The fraction of sp³-hybridized carbons (Fsp3) is 0.636. The summed E-state index contributed by atoms with van der Waals surface area (Å²) in [5, 5.41) is 3.09. The zero-order valence-corrected chi connectivity index (χ0v) is 17.0. The van der Waals surface area contributed by atoms with Gasteiger partial charge in [0.1, 0.15) is 0 Å². The van der Waals surface area contributed by atoms with Gasteiger partial charge in [0.25, 0.3) is 0 Å². The summed E-state index contributed by atoms with van der Waals surface area (Å²) in [6, 6.07) is 8.20. The molecule has 0 saturated carbocycles. The van der Waals surface area contributed by atoms with E-state index < -0.39 is 0 Å². The van der Waals surface area contributed by atoms with E-state index in [-0.39, 0.29) is 23.1 Å². The summed E-state index contributed by atoms with van der Waals surface area (Å²) in [5.41, 5.74) is 1.77. The first-order valence-electron chi connectivity index (χ1n) is 10.2. The minimum atomic E-state index is -0.356. The average Bonchev–Trinajstić information content (AvgIpc) is 3.13. The maximum absolute atomic E-state index is 12.7. The van der Waals surface area contributed by atoms with Crippen LogP contribution in [-0.2, 0) is 16.1 Å². The van der Waals surface area contributed by atoms with Gasteiger partial charge in [-0.1, -0.05) is 32.9 Å². The number of anilines is 1. The maximum atomic E-state index is 12.7. The monoisotopic (exact) mass is 371 g/mol. The third-order valence-corrected chi connectivity index (χ3v) is 5.59. The van der Waals surface area contributed by atoms with E-state index in [0.29, 0.717) is 13.1 Å². The van der Waals surface area contributed by atoms with E-state index in [0.717, 1.165) is 25.1 Å². The Kier molecular flexibility index (Phi) is 6.20. The van der Waals surface area contributed by atoms with Crippen molar-refractivity contribution in [3.05, 3.63) is 29.8 Å². The number of benzene rings is 1. The second-order valence-electron chi connectivity index (χ2n) is 8.99. The molecule has 1 aromatic carbocycles. The lowest BCUT2D eigenvalue weighted by Crippen LogP contribution is -2.45. The molecule has 0 radical (unpaired) electrons. The van der Waals surface area contributed by atoms with Gasteiger partial charge in [0, 0.05) is 36.7 Å². The van der Waals surface area contributed by atoms with Gasteiger partial charge in [0.15, 0.2) is 0 Å². The predicted molar refractivity (Wildman–Crippen MR) is 108 cm³/mol. The van der Waals surface area contributed by atoms with E-state index in [1.165, 1.54) is 31.5 Å². The van der Waals surface area contributed by atoms with Crippen molar-refractivity contribution < 1.29 is 9.59 Å². The summed E-state index contributed by atoms with van der Waals surface area (Å²) in [4.78, 5) is 29.4. The lowest BCUT2D eigenvalue weighted by atomic mass is 9.90. The summed E-state index contributed by atoms with van der Waals surface area (Å²) in [6.07, 6.45) is 4.04. The minimum absolute atomic E-state index is 0.0174. The lowest BCUT2D eigenvalue weighted by Gasteiger charge is -2.35. The van der Waals surface area contributed by atoms with Crippen LogP contribution in [0, 0.1) is 11.3 Å². The van der Waals surface area contributed by atoms with Crippen molar-refractivity contribution in [1.29, 1.82) is 0 Å². The molecule has 2 amide bonds. The Morgan fingerprint density at radius 1 is 1.07 bits per heavy atom. The number of rotatable bonds is 4. The molecular formula is C22H33N3O2. The van der Waals surface area contributed by atoms with Crippen molar-refractivity contribution in [2.75, 3.05) is 31.5 Å². The summed E-state index contributed by atoms with van der Waals surface area (Å²) in [5.74, 6) is 0.239. The van der Waals surface area contributed by atoms with Crippen LogP contribution in [0.15, 0.2) is 24.3 Å². The topological polar surface area (TPSA) is 52.7 Å². The van der Waals surface area contributed by atoms with Gasteiger partial charge >= 0.3 is 0 Å². The Hall–Kier alpha value is -1.88. The van der Waals surface area contributed by atoms with E-state index >= 15 is 0 Å². The lowest BCUT2D eigenvalue weighted by molar-refractivity contribution is -0.142. The van der Waals surface area contributed by atoms with Gasteiger partial charge in [-0.15, -0.1) is 0 Å². The normalized spacial score (nSPS) is 19.3. The molecule has 148 valence electrons. The number of piperidine rings is 1. The molecule has 1 N–H and O–H groups in total. The molecule has 2 fully saturated rings. The molecule has 0 unspecified atom stereocenters. The fourth-order valence-corrected chi connectivity index (χ4v) is 4.01. The number of nitrogens with zero attached hydrogens (tertiary/aromatic N) is 2. The number of likely N-dealkylation sites (tertiary alicyclic amines) is 2. The number of hydrogen-bond acceptors (Lipinski definition) is 3. The smallest absolute Gasteiger partial charge is 0.227 e. The van der Waals surface area contributed by atoms with Crippen LogP contribution in [0.25, 0.3) is 0 Å². The van der Waals surface area contributed by atoms with E-state index in [1.807, 2.05) is 37.8 Å². The van der Waals surface area contributed by atoms with Gasteiger partial charge in [-0.05, 0) is 56.5 Å². The number of nitrogens with one attached hydrogen (secondary N) is 1. The van der Waals surface area contributed by atoms with Crippen LogP contribution in [0.4, 0.5) is 5.69 Å². The first-order valence-corrected chi connectivity index (χ1v) is 10.2. The van der Waals surface area contributed by atoms with Crippen LogP contribution in [0.1, 0.15) is 52.0 Å². The molecule has 5 nitrogen and oxygen atoms in total. The van der Waals surface area contributed by atoms with Gasteiger partial charge in [-0.3, -0.25) is 14.5 Å². The fourth-order valence-electron chi connectivity index (χ4n) is 4.01. The number of carbonyl (C=O) groups is 2. The summed E-state index contributed by atoms with van der Waals surface area (Å²) >= 11 is 0. The molecule has 0 atom stereocenters. The number of hydrogen-bond donors (Lipinski definition) is 1. The molecule has 2 aliphatic rings. The second-order valence-corrected chi connectivity index (χ2v) is 8.99. The molecule has 0 spiro atoms. The van der Waals surface area contributed by atoms with Crippen molar-refractivity contribution in [3.8, 4) is 0 Å². The van der Waals surface area contributed by atoms with Crippen molar-refractivity contribution in [1.82, 2.24) is 9.80 Å². The van der Waals surface area contributed by atoms with E-state index in [9.17, 15) is 9.59 Å². The Morgan fingerprint density at radius 3 is 2.37 bits per heavy atom. The summed E-state index contributed by atoms with van der Waals surface area (Å²) in [7, 11) is 0. The molecule has 0 aromatic heterocycles. The van der Waals surface area contributed by atoms with Crippen LogP contribution >= 0.6 is 0 Å². The predicted octanol–water partition coefficient (Wildman–Crippen LogP) is 3.51.